The minimum Gasteiger partial charge on any atom is -0.314 e. The Kier molecular flexibility index (Phi) is 10.8. The third-order valence-corrected chi connectivity index (χ3v) is 5.36. The van der Waals surface area contributed by atoms with E-state index < -0.39 is 0 Å². The van der Waals surface area contributed by atoms with Crippen molar-refractivity contribution in [3.63, 3.8) is 0 Å². The number of rotatable bonds is 4. The van der Waals surface area contributed by atoms with E-state index in [-0.39, 0.29) is 24.8 Å². The first-order chi connectivity index (χ1) is 8.72. The Balaban J connectivity index is 0.00000180. The van der Waals surface area contributed by atoms with Crippen molar-refractivity contribution in [3.05, 3.63) is 32.7 Å². The SMILES string of the molecule is CCC[C@@H](c1ccc(Br)c(Br)c1)N1CCNCC1.Cl.Cl. The van der Waals surface area contributed by atoms with Crippen molar-refractivity contribution in [2.45, 2.75) is 25.8 Å². The summed E-state index contributed by atoms with van der Waals surface area (Å²) in [5.41, 5.74) is 1.42. The lowest BCUT2D eigenvalue weighted by Crippen LogP contribution is -2.45. The average Bonchev–Trinajstić information content (AvgIpc) is 2.40. The maximum Gasteiger partial charge on any atom is 0.0349 e. The van der Waals surface area contributed by atoms with E-state index in [0.717, 1.165) is 35.1 Å². The summed E-state index contributed by atoms with van der Waals surface area (Å²) in [7, 11) is 0. The van der Waals surface area contributed by atoms with Gasteiger partial charge in [-0.05, 0) is 56.0 Å². The second-order valence-corrected chi connectivity index (χ2v) is 6.47. The maximum absolute atomic E-state index is 3.61. The van der Waals surface area contributed by atoms with Gasteiger partial charge in [-0.25, -0.2) is 0 Å². The Bertz CT molecular complexity index is 399. The van der Waals surface area contributed by atoms with Gasteiger partial charge in [0.05, 0.1) is 0 Å². The van der Waals surface area contributed by atoms with Crippen LogP contribution < -0.4 is 5.32 Å². The van der Waals surface area contributed by atoms with E-state index in [1.54, 1.807) is 0 Å². The van der Waals surface area contributed by atoms with Gasteiger partial charge in [0.2, 0.25) is 0 Å². The summed E-state index contributed by atoms with van der Waals surface area (Å²) in [6.07, 6.45) is 2.45. The van der Waals surface area contributed by atoms with Crippen molar-refractivity contribution in [3.8, 4) is 0 Å². The number of hydrogen-bond donors (Lipinski definition) is 1. The molecule has 0 bridgehead atoms. The first-order valence-corrected chi connectivity index (χ1v) is 8.20. The highest BCUT2D eigenvalue weighted by molar-refractivity contribution is 9.13. The molecular weight excluding hydrogens is 427 g/mol. The smallest absolute Gasteiger partial charge is 0.0349 e. The van der Waals surface area contributed by atoms with Gasteiger partial charge in [-0.15, -0.1) is 24.8 Å². The zero-order valence-corrected chi connectivity index (χ0v) is 16.4. The molecule has 1 atom stereocenters. The van der Waals surface area contributed by atoms with Crippen LogP contribution in [0.4, 0.5) is 0 Å². The van der Waals surface area contributed by atoms with E-state index in [2.05, 4.69) is 67.2 Å². The van der Waals surface area contributed by atoms with Crippen LogP contribution in [0.3, 0.4) is 0 Å². The van der Waals surface area contributed by atoms with Crippen molar-refractivity contribution in [2.24, 2.45) is 0 Å². The Hall–Kier alpha value is 0.680. The molecule has 0 amide bonds. The van der Waals surface area contributed by atoms with E-state index >= 15 is 0 Å². The first kappa shape index (κ1) is 20.7. The van der Waals surface area contributed by atoms with Crippen LogP contribution in [0.2, 0.25) is 0 Å². The van der Waals surface area contributed by atoms with Crippen LogP contribution in [0.15, 0.2) is 27.1 Å². The summed E-state index contributed by atoms with van der Waals surface area (Å²) in [4.78, 5) is 2.61. The second-order valence-electron chi connectivity index (χ2n) is 4.76. The molecule has 1 fully saturated rings. The number of nitrogens with one attached hydrogen (secondary N) is 1. The van der Waals surface area contributed by atoms with Crippen LogP contribution >= 0.6 is 56.7 Å². The van der Waals surface area contributed by atoms with Crippen molar-refractivity contribution in [1.82, 2.24) is 10.2 Å². The van der Waals surface area contributed by atoms with E-state index in [1.807, 2.05) is 0 Å². The topological polar surface area (TPSA) is 15.3 Å². The summed E-state index contributed by atoms with van der Waals surface area (Å²) in [5, 5.41) is 3.43. The molecule has 2 nitrogen and oxygen atoms in total. The van der Waals surface area contributed by atoms with Crippen molar-refractivity contribution >= 4 is 56.7 Å². The maximum atomic E-state index is 3.61. The van der Waals surface area contributed by atoms with Gasteiger partial charge in [-0.1, -0.05) is 19.4 Å². The van der Waals surface area contributed by atoms with Gasteiger partial charge in [0, 0.05) is 41.2 Å². The molecule has 20 heavy (non-hydrogen) atoms. The zero-order chi connectivity index (χ0) is 13.0. The van der Waals surface area contributed by atoms with E-state index in [0.29, 0.717) is 6.04 Å². The quantitative estimate of drug-likeness (QED) is 0.711. The molecule has 1 saturated heterocycles. The monoisotopic (exact) mass is 446 g/mol. The normalized spacial score (nSPS) is 16.9. The Morgan fingerprint density at radius 2 is 1.80 bits per heavy atom. The predicted molar refractivity (Wildman–Crippen MR) is 98.4 cm³/mol. The molecule has 1 aromatic rings. The number of benzene rings is 1. The molecular formula is C14H22Br2Cl2N2. The van der Waals surface area contributed by atoms with Crippen LogP contribution in [0.5, 0.6) is 0 Å². The van der Waals surface area contributed by atoms with Gasteiger partial charge in [0.15, 0.2) is 0 Å². The Morgan fingerprint density at radius 1 is 1.15 bits per heavy atom. The molecule has 0 saturated carbocycles. The van der Waals surface area contributed by atoms with Gasteiger partial charge < -0.3 is 5.32 Å². The second kappa shape index (κ2) is 10.4. The van der Waals surface area contributed by atoms with Crippen LogP contribution in [-0.4, -0.2) is 31.1 Å². The van der Waals surface area contributed by atoms with Crippen LogP contribution in [0, 0.1) is 0 Å². The molecule has 1 N–H and O–H groups in total. The molecule has 2 rings (SSSR count). The molecule has 1 aliphatic heterocycles. The minimum atomic E-state index is 0. The Labute approximate surface area is 151 Å². The summed E-state index contributed by atoms with van der Waals surface area (Å²) in [6, 6.07) is 7.20. The van der Waals surface area contributed by atoms with E-state index in [9.17, 15) is 0 Å². The predicted octanol–water partition coefficient (Wildman–Crippen LogP) is 4.80. The highest BCUT2D eigenvalue weighted by Gasteiger charge is 2.21. The summed E-state index contributed by atoms with van der Waals surface area (Å²) in [6.45, 7) is 6.79. The fraction of sp³-hybridized carbons (Fsp3) is 0.571. The van der Waals surface area contributed by atoms with E-state index in [1.165, 1.54) is 18.4 Å². The largest absolute Gasteiger partial charge is 0.314 e. The van der Waals surface area contributed by atoms with Gasteiger partial charge >= 0.3 is 0 Å². The lowest BCUT2D eigenvalue weighted by atomic mass is 10.00. The first-order valence-electron chi connectivity index (χ1n) is 6.62. The molecule has 1 aromatic carbocycles. The van der Waals surface area contributed by atoms with Crippen molar-refractivity contribution in [2.75, 3.05) is 26.2 Å². The minimum absolute atomic E-state index is 0. The fourth-order valence-corrected chi connectivity index (χ4v) is 3.19. The molecule has 0 unspecified atom stereocenters. The van der Waals surface area contributed by atoms with Gasteiger partial charge in [-0.2, -0.15) is 0 Å². The van der Waals surface area contributed by atoms with E-state index in [4.69, 9.17) is 0 Å². The molecule has 0 radical (unpaired) electrons. The standard InChI is InChI=1S/C14H20Br2N2.2ClH/c1-2-3-14(18-8-6-17-7-9-18)11-4-5-12(15)13(16)10-11;;/h4-5,10,14,17H,2-3,6-9H2,1H3;2*1H/t14-;;/m0../s1. The molecule has 0 aromatic heterocycles. The highest BCUT2D eigenvalue weighted by atomic mass is 79.9. The van der Waals surface area contributed by atoms with Crippen LogP contribution in [0.25, 0.3) is 0 Å². The number of nitrogens with zero attached hydrogens (tertiary/aromatic N) is 1. The summed E-state index contributed by atoms with van der Waals surface area (Å²) in [5.74, 6) is 0. The number of hydrogen-bond acceptors (Lipinski definition) is 2. The van der Waals surface area contributed by atoms with Crippen LogP contribution in [0.1, 0.15) is 31.4 Å². The van der Waals surface area contributed by atoms with Gasteiger partial charge in [0.25, 0.3) is 0 Å². The third-order valence-electron chi connectivity index (χ3n) is 3.48. The molecule has 0 aliphatic carbocycles. The summed E-state index contributed by atoms with van der Waals surface area (Å²) < 4.78 is 2.28. The molecule has 1 aliphatic rings. The Morgan fingerprint density at radius 3 is 2.35 bits per heavy atom. The lowest BCUT2D eigenvalue weighted by molar-refractivity contribution is 0.164. The zero-order valence-electron chi connectivity index (χ0n) is 11.6. The molecule has 0 spiro atoms. The fourth-order valence-electron chi connectivity index (χ4n) is 2.55. The third kappa shape index (κ3) is 5.47. The molecule has 6 heteroatoms. The molecule has 116 valence electrons. The number of halogens is 4. The summed E-state index contributed by atoms with van der Waals surface area (Å²) >= 11 is 7.15. The van der Waals surface area contributed by atoms with Crippen molar-refractivity contribution < 1.29 is 0 Å². The van der Waals surface area contributed by atoms with Crippen molar-refractivity contribution in [1.29, 1.82) is 0 Å². The number of piperazine rings is 1. The lowest BCUT2D eigenvalue weighted by Gasteiger charge is -2.35. The average molecular weight is 449 g/mol. The van der Waals surface area contributed by atoms with Gasteiger partial charge in [0.1, 0.15) is 0 Å². The van der Waals surface area contributed by atoms with Gasteiger partial charge in [-0.3, -0.25) is 4.90 Å². The molecule has 1 heterocycles. The highest BCUT2D eigenvalue weighted by Crippen LogP contribution is 2.31. The van der Waals surface area contributed by atoms with Crippen LogP contribution in [-0.2, 0) is 0 Å².